The molecule has 1 saturated carbocycles. The first kappa shape index (κ1) is 26.8. The topological polar surface area (TPSA) is 32.3 Å². The van der Waals surface area contributed by atoms with E-state index in [0.717, 1.165) is 38.9 Å². The van der Waals surface area contributed by atoms with E-state index in [2.05, 4.69) is 46.6 Å². The van der Waals surface area contributed by atoms with Crippen LogP contribution < -0.4 is 5.32 Å². The molecule has 1 aliphatic heterocycles. The van der Waals surface area contributed by atoms with E-state index >= 15 is 0 Å². The molecule has 1 heterocycles. The number of nitrogens with zero attached hydrogens (tertiary/aromatic N) is 1. The Labute approximate surface area is 217 Å². The molecule has 1 amide bonds. The van der Waals surface area contributed by atoms with Gasteiger partial charge in [0.05, 0.1) is 11.1 Å². The average molecular weight is 537 g/mol. The number of rotatable bonds is 5. The van der Waals surface area contributed by atoms with E-state index in [1.165, 1.54) is 11.1 Å². The van der Waals surface area contributed by atoms with E-state index in [4.69, 9.17) is 0 Å². The molecule has 0 bridgehead atoms. The zero-order valence-electron chi connectivity index (χ0n) is 20.8. The van der Waals surface area contributed by atoms with Crippen molar-refractivity contribution in [3.8, 4) is 0 Å². The number of hydrogen-bond donors (Lipinski definition) is 1. The Balaban J connectivity index is 1.12. The molecule has 2 fully saturated rings. The average Bonchev–Trinajstić information content (AvgIpc) is 3.48. The van der Waals surface area contributed by atoms with Crippen LogP contribution in [0.4, 0.5) is 26.3 Å². The number of likely N-dealkylation sites (tertiary alicyclic amines) is 1. The molecule has 204 valence electrons. The molecular weight excluding hydrogens is 506 g/mol. The molecule has 0 aromatic heterocycles. The third-order valence-corrected chi connectivity index (χ3v) is 8.37. The maximum atomic E-state index is 13.1. The van der Waals surface area contributed by atoms with Crippen molar-refractivity contribution in [2.24, 2.45) is 11.8 Å². The van der Waals surface area contributed by atoms with E-state index in [1.54, 1.807) is 0 Å². The molecule has 0 radical (unpaired) electrons. The van der Waals surface area contributed by atoms with Crippen molar-refractivity contribution in [3.05, 3.63) is 76.4 Å². The second-order valence-electron chi connectivity index (χ2n) is 10.9. The Morgan fingerprint density at radius 1 is 0.947 bits per heavy atom. The van der Waals surface area contributed by atoms with Crippen molar-refractivity contribution in [2.75, 3.05) is 19.6 Å². The minimum Gasteiger partial charge on any atom is -0.352 e. The summed E-state index contributed by atoms with van der Waals surface area (Å²) in [5.74, 6) is -0.256. The second-order valence-corrected chi connectivity index (χ2v) is 10.9. The summed E-state index contributed by atoms with van der Waals surface area (Å²) in [5.41, 5.74) is -0.166. The zero-order chi connectivity index (χ0) is 27.1. The summed E-state index contributed by atoms with van der Waals surface area (Å²) in [4.78, 5) is 15.2. The van der Waals surface area contributed by atoms with Crippen LogP contribution in [0.2, 0.25) is 0 Å². The van der Waals surface area contributed by atoms with Crippen molar-refractivity contribution in [1.29, 1.82) is 0 Å². The lowest BCUT2D eigenvalue weighted by Crippen LogP contribution is -2.42. The minimum atomic E-state index is -4.91. The van der Waals surface area contributed by atoms with Crippen LogP contribution in [0.5, 0.6) is 0 Å². The number of piperidine rings is 1. The molecule has 0 unspecified atom stereocenters. The summed E-state index contributed by atoms with van der Waals surface area (Å²) in [6, 6.07) is 9.93. The van der Waals surface area contributed by atoms with Crippen LogP contribution in [0.25, 0.3) is 6.08 Å². The van der Waals surface area contributed by atoms with Crippen LogP contribution in [-0.2, 0) is 29.1 Å². The van der Waals surface area contributed by atoms with E-state index in [9.17, 15) is 31.1 Å². The molecule has 2 atom stereocenters. The first-order chi connectivity index (χ1) is 17.9. The molecule has 3 aliphatic rings. The molecule has 5 rings (SSSR count). The Morgan fingerprint density at radius 3 is 2.26 bits per heavy atom. The van der Waals surface area contributed by atoms with Gasteiger partial charge < -0.3 is 10.2 Å². The predicted octanol–water partition coefficient (Wildman–Crippen LogP) is 6.82. The van der Waals surface area contributed by atoms with Crippen LogP contribution in [-0.4, -0.2) is 30.4 Å². The lowest BCUT2D eigenvalue weighted by Gasteiger charge is -2.40. The van der Waals surface area contributed by atoms with Crippen LogP contribution in [0.3, 0.4) is 0 Å². The second kappa shape index (κ2) is 10.1. The molecule has 2 aliphatic carbocycles. The number of halogens is 6. The van der Waals surface area contributed by atoms with Crippen LogP contribution in [0.15, 0.2) is 48.5 Å². The normalized spacial score (nSPS) is 23.1. The number of allylic oxidation sites excluding steroid dienone is 1. The smallest absolute Gasteiger partial charge is 0.352 e. The highest BCUT2D eigenvalue weighted by atomic mass is 19.4. The number of fused-ring (bicyclic) bond motifs is 2. The van der Waals surface area contributed by atoms with E-state index < -0.39 is 23.5 Å². The van der Waals surface area contributed by atoms with Gasteiger partial charge >= 0.3 is 12.4 Å². The SMILES string of the molecule is O=C(NCc1cc(C(F)(F)F)cc(C(F)(F)F)c1)[C@H]1CC[C@@H](CN2CCC3(C=Cc4ccccc43)CC2)C1. The van der Waals surface area contributed by atoms with Gasteiger partial charge in [-0.2, -0.15) is 26.3 Å². The third-order valence-electron chi connectivity index (χ3n) is 8.37. The van der Waals surface area contributed by atoms with E-state index in [-0.39, 0.29) is 35.4 Å². The Morgan fingerprint density at radius 2 is 1.61 bits per heavy atom. The summed E-state index contributed by atoms with van der Waals surface area (Å²) in [5, 5.41) is 2.57. The van der Waals surface area contributed by atoms with Crippen LogP contribution >= 0.6 is 0 Å². The summed E-state index contributed by atoms with van der Waals surface area (Å²) >= 11 is 0. The van der Waals surface area contributed by atoms with Gasteiger partial charge in [0.15, 0.2) is 0 Å². The van der Waals surface area contributed by atoms with Gasteiger partial charge in [0.25, 0.3) is 0 Å². The molecular formula is C29H30F6N2O. The maximum Gasteiger partial charge on any atom is 0.416 e. The third kappa shape index (κ3) is 5.63. The fraction of sp³-hybridized carbons (Fsp3) is 0.483. The van der Waals surface area contributed by atoms with Gasteiger partial charge in [-0.25, -0.2) is 0 Å². The fourth-order valence-electron chi connectivity index (χ4n) is 6.30. The van der Waals surface area contributed by atoms with Gasteiger partial charge in [0, 0.05) is 24.4 Å². The molecule has 1 saturated heterocycles. The number of benzene rings is 2. The molecule has 2 aromatic carbocycles. The van der Waals surface area contributed by atoms with Gasteiger partial charge in [-0.15, -0.1) is 0 Å². The summed E-state index contributed by atoms with van der Waals surface area (Å²) in [7, 11) is 0. The van der Waals surface area contributed by atoms with E-state index in [1.807, 2.05) is 0 Å². The minimum absolute atomic E-state index is 0.0943. The lowest BCUT2D eigenvalue weighted by atomic mass is 9.74. The number of carbonyl (C=O) groups excluding carboxylic acids is 1. The lowest BCUT2D eigenvalue weighted by molar-refractivity contribution is -0.143. The summed E-state index contributed by atoms with van der Waals surface area (Å²) in [6.45, 7) is 2.47. The van der Waals surface area contributed by atoms with Gasteiger partial charge in [-0.1, -0.05) is 36.4 Å². The van der Waals surface area contributed by atoms with Crippen molar-refractivity contribution < 1.29 is 31.1 Å². The molecule has 2 aromatic rings. The highest BCUT2D eigenvalue weighted by Gasteiger charge is 2.40. The van der Waals surface area contributed by atoms with Gasteiger partial charge in [-0.3, -0.25) is 4.79 Å². The summed E-state index contributed by atoms with van der Waals surface area (Å²) in [6.07, 6.45) is -0.949. The summed E-state index contributed by atoms with van der Waals surface area (Å²) < 4.78 is 78.6. The number of nitrogens with one attached hydrogen (secondary N) is 1. The Bertz CT molecular complexity index is 1180. The van der Waals surface area contributed by atoms with Crippen molar-refractivity contribution in [3.63, 3.8) is 0 Å². The highest BCUT2D eigenvalue weighted by molar-refractivity contribution is 5.79. The van der Waals surface area contributed by atoms with Gasteiger partial charge in [0.2, 0.25) is 5.91 Å². The number of hydrogen-bond acceptors (Lipinski definition) is 2. The van der Waals surface area contributed by atoms with Crippen molar-refractivity contribution >= 4 is 12.0 Å². The molecule has 9 heteroatoms. The highest BCUT2D eigenvalue weighted by Crippen LogP contribution is 2.44. The number of carbonyl (C=O) groups is 1. The standard InChI is InChI=1S/C29H30F6N2O/c30-28(31,32)23-14-20(15-24(16-23)29(33,34)35)17-36-26(38)22-6-5-19(13-22)18-37-11-9-27(10-12-37)8-7-21-3-1-2-4-25(21)27/h1-4,7-8,14-16,19,22H,5-6,9-13,17-18H2,(H,36,38)/t19-,22+/m1/s1. The van der Waals surface area contributed by atoms with Crippen LogP contribution in [0.1, 0.15) is 59.9 Å². The predicted molar refractivity (Wildman–Crippen MR) is 132 cm³/mol. The van der Waals surface area contributed by atoms with E-state index in [0.29, 0.717) is 30.9 Å². The molecule has 38 heavy (non-hydrogen) atoms. The largest absolute Gasteiger partial charge is 0.416 e. The van der Waals surface area contributed by atoms with Gasteiger partial charge in [0.1, 0.15) is 0 Å². The molecule has 3 nitrogen and oxygen atoms in total. The maximum absolute atomic E-state index is 13.1. The quantitative estimate of drug-likeness (QED) is 0.426. The van der Waals surface area contributed by atoms with Crippen molar-refractivity contribution in [1.82, 2.24) is 10.2 Å². The Hall–Kier alpha value is -2.81. The first-order valence-electron chi connectivity index (χ1n) is 13.0. The molecule has 1 spiro atoms. The zero-order valence-corrected chi connectivity index (χ0v) is 20.8. The van der Waals surface area contributed by atoms with Crippen molar-refractivity contribution in [2.45, 2.75) is 56.4 Å². The van der Waals surface area contributed by atoms with Gasteiger partial charge in [-0.05, 0) is 86.0 Å². The number of alkyl halides is 6. The number of amides is 1. The monoisotopic (exact) mass is 536 g/mol. The first-order valence-corrected chi connectivity index (χ1v) is 13.0. The Kier molecular flexibility index (Phi) is 7.09. The van der Waals surface area contributed by atoms with Crippen LogP contribution in [0, 0.1) is 11.8 Å². The fourth-order valence-corrected chi connectivity index (χ4v) is 6.30. The molecule has 1 N–H and O–H groups in total.